The Hall–Kier alpha value is -0.650. The molecule has 0 aromatic carbocycles. The van der Waals surface area contributed by atoms with Gasteiger partial charge in [0.1, 0.15) is 0 Å². The van der Waals surface area contributed by atoms with E-state index in [0.29, 0.717) is 6.42 Å². The van der Waals surface area contributed by atoms with Gasteiger partial charge < -0.3 is 10.4 Å². The predicted molar refractivity (Wildman–Crippen MR) is 76.6 cm³/mol. The Morgan fingerprint density at radius 3 is 3.00 bits per heavy atom. The molecule has 2 N–H and O–H groups in total. The summed E-state index contributed by atoms with van der Waals surface area (Å²) < 4.78 is 1.08. The van der Waals surface area contributed by atoms with Crippen LogP contribution in [-0.2, 0) is 11.2 Å². The molecule has 0 bridgehead atoms. The van der Waals surface area contributed by atoms with E-state index in [1.807, 2.05) is 17.5 Å². The quantitative estimate of drug-likeness (QED) is 0.815. The zero-order valence-electron chi connectivity index (χ0n) is 9.93. The van der Waals surface area contributed by atoms with Crippen molar-refractivity contribution in [3.63, 3.8) is 0 Å². The number of aliphatic hydroxyl groups is 1. The molecule has 0 fully saturated rings. The number of nitrogens with one attached hydrogen (secondary N) is 1. The van der Waals surface area contributed by atoms with E-state index in [9.17, 15) is 4.79 Å². The van der Waals surface area contributed by atoms with Crippen molar-refractivity contribution in [3.05, 3.63) is 32.9 Å². The summed E-state index contributed by atoms with van der Waals surface area (Å²) in [5.74, 6) is 0.274. The second kappa shape index (κ2) is 6.50. The van der Waals surface area contributed by atoms with Gasteiger partial charge in [-0.15, -0.1) is 11.3 Å². The lowest BCUT2D eigenvalue weighted by atomic mass is 10.1. The van der Waals surface area contributed by atoms with E-state index >= 15 is 0 Å². The largest absolute Gasteiger partial charge is 0.396 e. The van der Waals surface area contributed by atoms with E-state index in [0.717, 1.165) is 17.3 Å². The van der Waals surface area contributed by atoms with Crippen LogP contribution in [0.25, 0.3) is 0 Å². The fourth-order valence-electron chi connectivity index (χ4n) is 2.02. The van der Waals surface area contributed by atoms with Crippen molar-refractivity contribution in [2.75, 3.05) is 6.61 Å². The maximum Gasteiger partial charge on any atom is 0.220 e. The summed E-state index contributed by atoms with van der Waals surface area (Å²) in [7, 11) is 0. The maximum atomic E-state index is 11.8. The van der Waals surface area contributed by atoms with Gasteiger partial charge in [-0.1, -0.05) is 12.2 Å². The number of halogens is 1. The second-order valence-corrected chi connectivity index (χ2v) is 6.38. The standard InChI is InChI=1S/C13H16BrNO2S/c14-10-6-12(18-8-10)3-4-13(17)15-11-2-1-9(5-11)7-16/h1-2,6,8-9,11,16H,3-5,7H2,(H,15,17)/t9-,11+/m0/s1. The number of thiophene rings is 1. The second-order valence-electron chi connectivity index (χ2n) is 4.47. The highest BCUT2D eigenvalue weighted by atomic mass is 79.9. The highest BCUT2D eigenvalue weighted by Crippen LogP contribution is 2.21. The average molecular weight is 330 g/mol. The smallest absolute Gasteiger partial charge is 0.220 e. The van der Waals surface area contributed by atoms with Crippen LogP contribution in [0.15, 0.2) is 28.1 Å². The summed E-state index contributed by atoms with van der Waals surface area (Å²) >= 11 is 5.07. The molecule has 1 heterocycles. The molecule has 0 saturated carbocycles. The zero-order valence-corrected chi connectivity index (χ0v) is 12.3. The molecule has 0 radical (unpaired) electrons. The molecule has 1 amide bonds. The number of rotatable bonds is 5. The third kappa shape index (κ3) is 3.93. The minimum absolute atomic E-state index is 0.0766. The highest BCUT2D eigenvalue weighted by Gasteiger charge is 2.19. The van der Waals surface area contributed by atoms with E-state index in [-0.39, 0.29) is 24.5 Å². The van der Waals surface area contributed by atoms with Gasteiger partial charge in [-0.05, 0) is 34.8 Å². The van der Waals surface area contributed by atoms with Crippen LogP contribution < -0.4 is 5.32 Å². The summed E-state index contributed by atoms with van der Waals surface area (Å²) in [6.07, 6.45) is 6.05. The van der Waals surface area contributed by atoms with E-state index in [2.05, 4.69) is 27.3 Å². The zero-order chi connectivity index (χ0) is 13.0. The minimum atomic E-state index is 0.0766. The van der Waals surface area contributed by atoms with Crippen molar-refractivity contribution in [2.24, 2.45) is 5.92 Å². The molecule has 1 aliphatic rings. The Bertz CT molecular complexity index is 444. The van der Waals surface area contributed by atoms with Crippen molar-refractivity contribution in [1.82, 2.24) is 5.32 Å². The van der Waals surface area contributed by atoms with E-state index in [1.165, 1.54) is 4.88 Å². The van der Waals surface area contributed by atoms with Crippen LogP contribution >= 0.6 is 27.3 Å². The first-order valence-corrected chi connectivity index (χ1v) is 7.66. The molecule has 1 aromatic heterocycles. The van der Waals surface area contributed by atoms with E-state index < -0.39 is 0 Å². The number of aliphatic hydroxyl groups excluding tert-OH is 1. The van der Waals surface area contributed by atoms with Crippen LogP contribution in [0.1, 0.15) is 17.7 Å². The molecule has 0 saturated heterocycles. The monoisotopic (exact) mass is 329 g/mol. The highest BCUT2D eigenvalue weighted by molar-refractivity contribution is 9.10. The molecule has 18 heavy (non-hydrogen) atoms. The number of carbonyl (C=O) groups excluding carboxylic acids is 1. The molecular weight excluding hydrogens is 314 g/mol. The van der Waals surface area contributed by atoms with Crippen LogP contribution in [0.4, 0.5) is 0 Å². The Kier molecular flexibility index (Phi) is 4.97. The Morgan fingerprint density at radius 2 is 2.39 bits per heavy atom. The molecule has 2 rings (SSSR count). The number of aryl methyl sites for hydroxylation is 1. The Balaban J connectivity index is 1.71. The molecular formula is C13H16BrNO2S. The number of hydrogen-bond donors (Lipinski definition) is 2. The van der Waals surface area contributed by atoms with E-state index in [4.69, 9.17) is 5.11 Å². The fraction of sp³-hybridized carbons (Fsp3) is 0.462. The van der Waals surface area contributed by atoms with Gasteiger partial charge in [0.25, 0.3) is 0 Å². The molecule has 98 valence electrons. The van der Waals surface area contributed by atoms with Gasteiger partial charge in [0.15, 0.2) is 0 Å². The number of hydrogen-bond acceptors (Lipinski definition) is 3. The summed E-state index contributed by atoms with van der Waals surface area (Å²) in [6.45, 7) is 0.159. The lowest BCUT2D eigenvalue weighted by Gasteiger charge is -2.12. The SMILES string of the molecule is O=C(CCc1cc(Br)cs1)N[C@@H]1C=C[C@H](CO)C1. The summed E-state index contributed by atoms with van der Waals surface area (Å²) in [4.78, 5) is 13.0. The fourth-order valence-corrected chi connectivity index (χ4v) is 3.47. The van der Waals surface area contributed by atoms with Gasteiger partial charge in [-0.25, -0.2) is 0 Å². The normalized spacial score (nSPS) is 22.3. The third-order valence-electron chi connectivity index (χ3n) is 2.97. The molecule has 5 heteroatoms. The van der Waals surface area contributed by atoms with Crippen molar-refractivity contribution in [3.8, 4) is 0 Å². The molecule has 0 spiro atoms. The molecule has 0 unspecified atom stereocenters. The Labute approximate surface area is 119 Å². The lowest BCUT2D eigenvalue weighted by Crippen LogP contribution is -2.32. The van der Waals surface area contributed by atoms with Crippen LogP contribution in [0.5, 0.6) is 0 Å². The van der Waals surface area contributed by atoms with Gasteiger partial charge in [0, 0.05) is 39.7 Å². The van der Waals surface area contributed by atoms with Gasteiger partial charge >= 0.3 is 0 Å². The van der Waals surface area contributed by atoms with Crippen LogP contribution in [0.3, 0.4) is 0 Å². The van der Waals surface area contributed by atoms with Crippen molar-refractivity contribution in [2.45, 2.75) is 25.3 Å². The first-order valence-electron chi connectivity index (χ1n) is 5.99. The summed E-state index contributed by atoms with van der Waals surface area (Å²) in [5, 5.41) is 14.0. The molecule has 1 aliphatic carbocycles. The number of carbonyl (C=O) groups is 1. The van der Waals surface area contributed by atoms with Gasteiger partial charge in [0.05, 0.1) is 0 Å². The molecule has 3 nitrogen and oxygen atoms in total. The molecule has 0 aliphatic heterocycles. The maximum absolute atomic E-state index is 11.8. The lowest BCUT2D eigenvalue weighted by molar-refractivity contribution is -0.121. The number of amides is 1. The van der Waals surface area contributed by atoms with Crippen molar-refractivity contribution in [1.29, 1.82) is 0 Å². The van der Waals surface area contributed by atoms with Crippen LogP contribution in [-0.4, -0.2) is 23.7 Å². The third-order valence-corrected chi connectivity index (χ3v) is 4.73. The van der Waals surface area contributed by atoms with Gasteiger partial charge in [0.2, 0.25) is 5.91 Å². The van der Waals surface area contributed by atoms with Gasteiger partial charge in [-0.3, -0.25) is 4.79 Å². The van der Waals surface area contributed by atoms with E-state index in [1.54, 1.807) is 11.3 Å². The van der Waals surface area contributed by atoms with Crippen LogP contribution in [0, 0.1) is 5.92 Å². The minimum Gasteiger partial charge on any atom is -0.396 e. The first-order chi connectivity index (χ1) is 8.67. The first kappa shape index (κ1) is 13.8. The molecule has 1 aromatic rings. The van der Waals surface area contributed by atoms with Crippen molar-refractivity contribution >= 4 is 33.2 Å². The predicted octanol–water partition coefficient (Wildman–Crippen LogP) is 2.50. The summed E-state index contributed by atoms with van der Waals surface area (Å²) in [6, 6.07) is 2.14. The topological polar surface area (TPSA) is 49.3 Å². The summed E-state index contributed by atoms with van der Waals surface area (Å²) in [5.41, 5.74) is 0. The van der Waals surface area contributed by atoms with Gasteiger partial charge in [-0.2, -0.15) is 0 Å². The average Bonchev–Trinajstić information content (AvgIpc) is 2.95. The van der Waals surface area contributed by atoms with Crippen molar-refractivity contribution < 1.29 is 9.90 Å². The molecule has 2 atom stereocenters. The Morgan fingerprint density at radius 1 is 1.56 bits per heavy atom. The van der Waals surface area contributed by atoms with Crippen LogP contribution in [0.2, 0.25) is 0 Å².